The summed E-state index contributed by atoms with van der Waals surface area (Å²) in [4.78, 5) is 14.9. The van der Waals surface area contributed by atoms with Crippen LogP contribution in [-0.2, 0) is 16.0 Å². The van der Waals surface area contributed by atoms with Gasteiger partial charge in [0.05, 0.1) is 31.8 Å². The monoisotopic (exact) mass is 339 g/mol. The van der Waals surface area contributed by atoms with Gasteiger partial charge in [-0.25, -0.2) is 0 Å². The Morgan fingerprint density at radius 2 is 2.00 bits per heavy atom. The van der Waals surface area contributed by atoms with E-state index in [2.05, 4.69) is 24.3 Å². The minimum absolute atomic E-state index is 0.0132. The zero-order valence-corrected chi connectivity index (χ0v) is 14.4. The lowest BCUT2D eigenvalue weighted by Crippen LogP contribution is -2.54. The highest BCUT2D eigenvalue weighted by molar-refractivity contribution is 5.85. The maximum absolute atomic E-state index is 13.0. The van der Waals surface area contributed by atoms with E-state index in [-0.39, 0.29) is 24.0 Å². The first-order valence-electron chi connectivity index (χ1n) is 9.25. The van der Waals surface area contributed by atoms with Crippen molar-refractivity contribution in [2.24, 2.45) is 5.92 Å². The van der Waals surface area contributed by atoms with E-state index in [0.717, 1.165) is 30.2 Å². The molecule has 0 radical (unpaired) electrons. The van der Waals surface area contributed by atoms with Crippen molar-refractivity contribution in [1.82, 2.24) is 4.90 Å². The minimum Gasteiger partial charge on any atom is -0.393 e. The molecule has 4 nitrogen and oxygen atoms in total. The van der Waals surface area contributed by atoms with Crippen molar-refractivity contribution in [3.05, 3.63) is 48.0 Å². The average Bonchev–Trinajstić information content (AvgIpc) is 3.07. The van der Waals surface area contributed by atoms with Crippen LogP contribution < -0.4 is 0 Å². The van der Waals surface area contributed by atoms with Gasteiger partial charge in [0.2, 0.25) is 5.91 Å². The van der Waals surface area contributed by atoms with Crippen LogP contribution in [-0.4, -0.2) is 47.8 Å². The summed E-state index contributed by atoms with van der Waals surface area (Å²) in [5.41, 5.74) is 1.04. The molecule has 4 rings (SSSR count). The quantitative estimate of drug-likeness (QED) is 0.935. The lowest BCUT2D eigenvalue weighted by atomic mass is 9.93. The Morgan fingerprint density at radius 1 is 1.16 bits per heavy atom. The minimum atomic E-state index is -0.303. The maximum Gasteiger partial charge on any atom is 0.227 e. The summed E-state index contributed by atoms with van der Waals surface area (Å²) in [6.07, 6.45) is 2.96. The molecule has 0 spiro atoms. The van der Waals surface area contributed by atoms with Crippen LogP contribution in [0.2, 0.25) is 0 Å². The number of hydrogen-bond acceptors (Lipinski definition) is 3. The Labute approximate surface area is 148 Å². The molecule has 132 valence electrons. The van der Waals surface area contributed by atoms with E-state index in [1.807, 2.05) is 23.1 Å². The zero-order valence-electron chi connectivity index (χ0n) is 14.4. The summed E-state index contributed by atoms with van der Waals surface area (Å²) >= 11 is 0. The number of morpholine rings is 1. The van der Waals surface area contributed by atoms with Gasteiger partial charge in [-0.1, -0.05) is 48.9 Å². The van der Waals surface area contributed by atoms with Crippen LogP contribution in [0.4, 0.5) is 0 Å². The van der Waals surface area contributed by atoms with Crippen LogP contribution in [0.15, 0.2) is 42.5 Å². The summed E-state index contributed by atoms with van der Waals surface area (Å²) in [5, 5.41) is 12.6. The number of aliphatic hydroxyl groups is 1. The smallest absolute Gasteiger partial charge is 0.227 e. The number of benzene rings is 2. The molecule has 1 heterocycles. The molecular formula is C21H25NO3. The van der Waals surface area contributed by atoms with E-state index in [1.54, 1.807) is 0 Å². The van der Waals surface area contributed by atoms with Gasteiger partial charge < -0.3 is 14.7 Å². The summed E-state index contributed by atoms with van der Waals surface area (Å²) < 4.78 is 5.63. The molecule has 0 bridgehead atoms. The maximum atomic E-state index is 13.0. The van der Waals surface area contributed by atoms with E-state index in [9.17, 15) is 9.90 Å². The third-order valence-corrected chi connectivity index (χ3v) is 5.68. The summed E-state index contributed by atoms with van der Waals surface area (Å²) in [7, 11) is 0. The third kappa shape index (κ3) is 3.42. The van der Waals surface area contributed by atoms with Crippen molar-refractivity contribution < 1.29 is 14.6 Å². The molecule has 1 aliphatic carbocycles. The molecule has 1 saturated carbocycles. The molecule has 2 aromatic rings. The number of hydrogen-bond donors (Lipinski definition) is 1. The number of rotatable bonds is 3. The average molecular weight is 339 g/mol. The fraction of sp³-hybridized carbons (Fsp3) is 0.476. The Kier molecular flexibility index (Phi) is 4.73. The van der Waals surface area contributed by atoms with Gasteiger partial charge in [-0.2, -0.15) is 0 Å². The number of carbonyl (C=O) groups is 1. The third-order valence-electron chi connectivity index (χ3n) is 5.68. The van der Waals surface area contributed by atoms with Crippen LogP contribution in [0.3, 0.4) is 0 Å². The van der Waals surface area contributed by atoms with Gasteiger partial charge in [-0.15, -0.1) is 0 Å². The second-order valence-electron chi connectivity index (χ2n) is 7.25. The second kappa shape index (κ2) is 7.14. The van der Waals surface area contributed by atoms with Crippen LogP contribution in [0.25, 0.3) is 10.8 Å². The van der Waals surface area contributed by atoms with Crippen LogP contribution in [0.5, 0.6) is 0 Å². The van der Waals surface area contributed by atoms with Crippen molar-refractivity contribution in [3.63, 3.8) is 0 Å². The number of ether oxygens (including phenoxy) is 1. The number of fused-ring (bicyclic) bond motifs is 1. The summed E-state index contributed by atoms with van der Waals surface area (Å²) in [5.74, 6) is 0.295. The molecule has 2 aliphatic rings. The zero-order chi connectivity index (χ0) is 17.2. The van der Waals surface area contributed by atoms with Gasteiger partial charge >= 0.3 is 0 Å². The van der Waals surface area contributed by atoms with Crippen molar-refractivity contribution in [2.45, 2.75) is 37.8 Å². The van der Waals surface area contributed by atoms with Gasteiger partial charge in [0.15, 0.2) is 0 Å². The molecule has 25 heavy (non-hydrogen) atoms. The van der Waals surface area contributed by atoms with Gasteiger partial charge in [-0.3, -0.25) is 4.79 Å². The second-order valence-corrected chi connectivity index (χ2v) is 7.25. The Hall–Kier alpha value is -1.91. The van der Waals surface area contributed by atoms with Gasteiger partial charge in [0.1, 0.15) is 0 Å². The van der Waals surface area contributed by atoms with Crippen LogP contribution >= 0.6 is 0 Å². The molecule has 2 aromatic carbocycles. The van der Waals surface area contributed by atoms with Gasteiger partial charge in [0, 0.05) is 12.5 Å². The SMILES string of the molecule is O=C(Cc1ccc2ccccc2c1)N1CCOC[C@@H]1[C@@H]1CCC[C@H]1O. The number of aliphatic hydroxyl groups excluding tert-OH is 1. The van der Waals surface area contributed by atoms with Crippen molar-refractivity contribution in [2.75, 3.05) is 19.8 Å². The predicted molar refractivity (Wildman–Crippen MR) is 97.3 cm³/mol. The molecule has 1 N–H and O–H groups in total. The lowest BCUT2D eigenvalue weighted by molar-refractivity contribution is -0.143. The number of amides is 1. The molecule has 0 unspecified atom stereocenters. The predicted octanol–water partition coefficient (Wildman–Crippen LogP) is 2.77. The van der Waals surface area contributed by atoms with Gasteiger partial charge in [-0.05, 0) is 29.2 Å². The first-order valence-corrected chi connectivity index (χ1v) is 9.25. The summed E-state index contributed by atoms with van der Waals surface area (Å²) in [6.45, 7) is 1.76. The Morgan fingerprint density at radius 3 is 2.80 bits per heavy atom. The largest absolute Gasteiger partial charge is 0.393 e. The van der Waals surface area contributed by atoms with Crippen molar-refractivity contribution in [1.29, 1.82) is 0 Å². The molecule has 1 saturated heterocycles. The highest BCUT2D eigenvalue weighted by atomic mass is 16.5. The van der Waals surface area contributed by atoms with Crippen molar-refractivity contribution in [3.8, 4) is 0 Å². The topological polar surface area (TPSA) is 49.8 Å². The van der Waals surface area contributed by atoms with Crippen molar-refractivity contribution >= 4 is 16.7 Å². The molecule has 0 aromatic heterocycles. The lowest BCUT2D eigenvalue weighted by Gasteiger charge is -2.40. The number of carbonyl (C=O) groups excluding carboxylic acids is 1. The standard InChI is InChI=1S/C21H25NO3/c23-20-7-3-6-18(20)19-14-25-11-10-22(19)21(24)13-15-8-9-16-4-1-2-5-17(16)12-15/h1-2,4-5,8-9,12,18-20,23H,3,6-7,10-11,13-14H2/t18-,19+,20+/m0/s1. The van der Waals surface area contributed by atoms with E-state index >= 15 is 0 Å². The van der Waals surface area contributed by atoms with E-state index in [0.29, 0.717) is 26.2 Å². The first-order chi connectivity index (χ1) is 12.2. The molecule has 2 fully saturated rings. The molecule has 1 aliphatic heterocycles. The fourth-order valence-corrected chi connectivity index (χ4v) is 4.33. The molecular weight excluding hydrogens is 314 g/mol. The Balaban J connectivity index is 1.51. The van der Waals surface area contributed by atoms with Crippen LogP contribution in [0.1, 0.15) is 24.8 Å². The van der Waals surface area contributed by atoms with Gasteiger partial charge in [0.25, 0.3) is 0 Å². The molecule has 1 amide bonds. The number of nitrogens with zero attached hydrogens (tertiary/aromatic N) is 1. The summed E-state index contributed by atoms with van der Waals surface area (Å²) in [6, 6.07) is 14.4. The van der Waals surface area contributed by atoms with E-state index in [1.165, 1.54) is 5.39 Å². The van der Waals surface area contributed by atoms with E-state index in [4.69, 9.17) is 4.74 Å². The van der Waals surface area contributed by atoms with E-state index < -0.39 is 0 Å². The first kappa shape index (κ1) is 16.6. The fourth-order valence-electron chi connectivity index (χ4n) is 4.33. The highest BCUT2D eigenvalue weighted by Crippen LogP contribution is 2.32. The Bertz CT molecular complexity index is 760. The molecule has 4 heteroatoms. The highest BCUT2D eigenvalue weighted by Gasteiger charge is 2.39. The molecule has 3 atom stereocenters. The normalized spacial score (nSPS) is 26.9. The van der Waals surface area contributed by atoms with Crippen LogP contribution in [0, 0.1) is 5.92 Å².